The van der Waals surface area contributed by atoms with Crippen molar-refractivity contribution in [3.8, 4) is 0 Å². The van der Waals surface area contributed by atoms with Crippen LogP contribution in [0.15, 0.2) is 4.52 Å². The third kappa shape index (κ3) is 2.71. The molecule has 2 fully saturated rings. The molecule has 1 N–H and O–H groups in total. The molecule has 2 heterocycles. The Morgan fingerprint density at radius 3 is 2.94 bits per heavy atom. The second-order valence-corrected chi connectivity index (χ2v) is 5.27. The minimum atomic E-state index is -0.108. The first-order valence-electron chi connectivity index (χ1n) is 6.55. The molecular weight excluding hydrogens is 234 g/mol. The summed E-state index contributed by atoms with van der Waals surface area (Å²) in [5.41, 5.74) is 0. The largest absolute Gasteiger partial charge is 0.394 e. The molecule has 0 radical (unpaired) electrons. The molecule has 1 saturated heterocycles. The predicted molar refractivity (Wildman–Crippen MR) is 63.0 cm³/mol. The van der Waals surface area contributed by atoms with Crippen LogP contribution >= 0.6 is 0 Å². The van der Waals surface area contributed by atoms with E-state index in [1.54, 1.807) is 0 Å². The van der Waals surface area contributed by atoms with E-state index in [2.05, 4.69) is 15.0 Å². The summed E-state index contributed by atoms with van der Waals surface area (Å²) < 4.78 is 10.8. The van der Waals surface area contributed by atoms with Gasteiger partial charge in [0, 0.05) is 19.0 Å². The zero-order valence-electron chi connectivity index (χ0n) is 10.6. The van der Waals surface area contributed by atoms with Crippen LogP contribution in [0.3, 0.4) is 0 Å². The molecule has 2 aliphatic rings. The first-order chi connectivity index (χ1) is 8.74. The zero-order valence-corrected chi connectivity index (χ0v) is 10.6. The van der Waals surface area contributed by atoms with Gasteiger partial charge in [0.25, 0.3) is 0 Å². The summed E-state index contributed by atoms with van der Waals surface area (Å²) in [6.07, 6.45) is 2.36. The Kier molecular flexibility index (Phi) is 3.32. The highest BCUT2D eigenvalue weighted by Gasteiger charge is 2.30. The van der Waals surface area contributed by atoms with E-state index in [-0.39, 0.29) is 18.8 Å². The van der Waals surface area contributed by atoms with Gasteiger partial charge in [0.2, 0.25) is 5.89 Å². The fourth-order valence-electron chi connectivity index (χ4n) is 2.40. The highest BCUT2D eigenvalue weighted by atomic mass is 16.5. The number of morpholine rings is 1. The average molecular weight is 253 g/mol. The minimum absolute atomic E-state index is 0.0560. The van der Waals surface area contributed by atoms with Gasteiger partial charge < -0.3 is 14.4 Å². The van der Waals surface area contributed by atoms with Crippen LogP contribution in [0.5, 0.6) is 0 Å². The average Bonchev–Trinajstić information content (AvgIpc) is 3.10. The van der Waals surface area contributed by atoms with Gasteiger partial charge in [-0.05, 0) is 19.8 Å². The van der Waals surface area contributed by atoms with E-state index in [1.165, 1.54) is 12.8 Å². The molecule has 3 rings (SSSR count). The van der Waals surface area contributed by atoms with Crippen molar-refractivity contribution in [3.63, 3.8) is 0 Å². The fraction of sp³-hybridized carbons (Fsp3) is 0.833. The summed E-state index contributed by atoms with van der Waals surface area (Å²) in [5, 5.41) is 13.2. The maximum Gasteiger partial charge on any atom is 0.229 e. The van der Waals surface area contributed by atoms with Crippen LogP contribution in [-0.4, -0.2) is 52.1 Å². The summed E-state index contributed by atoms with van der Waals surface area (Å²) in [6, 6.07) is 0. The molecule has 0 spiro atoms. The lowest BCUT2D eigenvalue weighted by atomic mass is 10.2. The van der Waals surface area contributed by atoms with Gasteiger partial charge in [0.05, 0.1) is 25.4 Å². The SMILES string of the molecule is CC1CN(Cc2noc(C3CC3)n2)CC(CO)O1. The van der Waals surface area contributed by atoms with E-state index >= 15 is 0 Å². The van der Waals surface area contributed by atoms with Gasteiger partial charge in [-0.1, -0.05) is 5.16 Å². The fourth-order valence-corrected chi connectivity index (χ4v) is 2.40. The summed E-state index contributed by atoms with van der Waals surface area (Å²) in [5.74, 6) is 2.02. The standard InChI is InChI=1S/C12H19N3O3/c1-8-4-15(5-10(7-16)17-8)6-11-13-12(18-14-11)9-2-3-9/h8-10,16H,2-7H2,1H3. The Hall–Kier alpha value is -0.980. The predicted octanol–water partition coefficient (Wildman–Crippen LogP) is 0.529. The van der Waals surface area contributed by atoms with E-state index in [0.29, 0.717) is 19.0 Å². The molecule has 1 saturated carbocycles. The lowest BCUT2D eigenvalue weighted by molar-refractivity contribution is -0.0978. The summed E-state index contributed by atoms with van der Waals surface area (Å²) in [4.78, 5) is 6.62. The van der Waals surface area contributed by atoms with Crippen LogP contribution in [0.25, 0.3) is 0 Å². The molecule has 1 aromatic heterocycles. The monoisotopic (exact) mass is 253 g/mol. The van der Waals surface area contributed by atoms with Gasteiger partial charge in [0.1, 0.15) is 0 Å². The highest BCUT2D eigenvalue weighted by molar-refractivity contribution is 5.01. The van der Waals surface area contributed by atoms with E-state index in [9.17, 15) is 5.11 Å². The summed E-state index contributed by atoms with van der Waals surface area (Å²) in [7, 11) is 0. The van der Waals surface area contributed by atoms with E-state index < -0.39 is 0 Å². The molecule has 2 atom stereocenters. The van der Waals surface area contributed by atoms with Gasteiger partial charge in [-0.3, -0.25) is 4.90 Å². The van der Waals surface area contributed by atoms with Crippen molar-refractivity contribution in [3.05, 3.63) is 11.7 Å². The number of aliphatic hydroxyl groups is 1. The Morgan fingerprint density at radius 1 is 1.39 bits per heavy atom. The van der Waals surface area contributed by atoms with Gasteiger partial charge in [0.15, 0.2) is 5.82 Å². The molecule has 6 heteroatoms. The second kappa shape index (κ2) is 4.95. The van der Waals surface area contributed by atoms with E-state index in [0.717, 1.165) is 18.3 Å². The van der Waals surface area contributed by atoms with E-state index in [1.807, 2.05) is 6.92 Å². The summed E-state index contributed by atoms with van der Waals surface area (Å²) >= 11 is 0. The molecule has 18 heavy (non-hydrogen) atoms. The van der Waals surface area contributed by atoms with Crippen molar-refractivity contribution >= 4 is 0 Å². The minimum Gasteiger partial charge on any atom is -0.394 e. The second-order valence-electron chi connectivity index (χ2n) is 5.27. The van der Waals surface area contributed by atoms with E-state index in [4.69, 9.17) is 9.26 Å². The normalized spacial score (nSPS) is 29.7. The molecule has 0 bridgehead atoms. The number of rotatable bonds is 4. The number of aromatic nitrogens is 2. The van der Waals surface area contributed by atoms with Gasteiger partial charge in [-0.15, -0.1) is 0 Å². The summed E-state index contributed by atoms with van der Waals surface area (Å²) in [6.45, 7) is 4.29. The Morgan fingerprint density at radius 2 is 2.22 bits per heavy atom. The lowest BCUT2D eigenvalue weighted by Crippen LogP contribution is -2.47. The van der Waals surface area contributed by atoms with Crippen molar-refractivity contribution < 1.29 is 14.4 Å². The lowest BCUT2D eigenvalue weighted by Gasteiger charge is -2.35. The van der Waals surface area contributed by atoms with Gasteiger partial charge >= 0.3 is 0 Å². The van der Waals surface area contributed by atoms with Crippen LogP contribution in [-0.2, 0) is 11.3 Å². The molecule has 2 unspecified atom stereocenters. The third-order valence-corrected chi connectivity index (χ3v) is 3.38. The van der Waals surface area contributed by atoms with Crippen LogP contribution in [0.2, 0.25) is 0 Å². The van der Waals surface area contributed by atoms with Crippen molar-refractivity contribution in [1.29, 1.82) is 0 Å². The van der Waals surface area contributed by atoms with Crippen LogP contribution in [0, 0.1) is 0 Å². The maximum atomic E-state index is 9.18. The van der Waals surface area contributed by atoms with Crippen molar-refractivity contribution in [2.45, 2.75) is 44.4 Å². The quantitative estimate of drug-likeness (QED) is 0.844. The number of hydrogen-bond acceptors (Lipinski definition) is 6. The Bertz CT molecular complexity index is 405. The number of hydrogen-bond donors (Lipinski definition) is 1. The molecule has 1 aromatic rings. The molecule has 6 nitrogen and oxygen atoms in total. The van der Waals surface area contributed by atoms with Crippen molar-refractivity contribution in [2.24, 2.45) is 0 Å². The van der Waals surface area contributed by atoms with Crippen molar-refractivity contribution in [2.75, 3.05) is 19.7 Å². The van der Waals surface area contributed by atoms with Crippen LogP contribution in [0.4, 0.5) is 0 Å². The Balaban J connectivity index is 1.60. The molecule has 0 aromatic carbocycles. The number of nitrogens with zero attached hydrogens (tertiary/aromatic N) is 3. The van der Waals surface area contributed by atoms with Crippen molar-refractivity contribution in [1.82, 2.24) is 15.0 Å². The molecule has 100 valence electrons. The maximum absolute atomic E-state index is 9.18. The first kappa shape index (κ1) is 12.1. The smallest absolute Gasteiger partial charge is 0.229 e. The van der Waals surface area contributed by atoms with Crippen LogP contribution < -0.4 is 0 Å². The third-order valence-electron chi connectivity index (χ3n) is 3.38. The van der Waals surface area contributed by atoms with Crippen LogP contribution in [0.1, 0.15) is 37.4 Å². The number of ether oxygens (including phenoxy) is 1. The Labute approximate surface area is 106 Å². The molecule has 1 aliphatic heterocycles. The zero-order chi connectivity index (χ0) is 12.5. The van der Waals surface area contributed by atoms with Gasteiger partial charge in [-0.2, -0.15) is 4.98 Å². The molecular formula is C12H19N3O3. The highest BCUT2D eigenvalue weighted by Crippen LogP contribution is 2.38. The topological polar surface area (TPSA) is 71.6 Å². The number of aliphatic hydroxyl groups excluding tert-OH is 1. The van der Waals surface area contributed by atoms with Gasteiger partial charge in [-0.25, -0.2) is 0 Å². The molecule has 1 aliphatic carbocycles. The first-order valence-corrected chi connectivity index (χ1v) is 6.55. The molecule has 0 amide bonds.